The van der Waals surface area contributed by atoms with Gasteiger partial charge in [0.25, 0.3) is 0 Å². The van der Waals surface area contributed by atoms with E-state index in [1.807, 2.05) is 38.1 Å². The molecule has 0 atom stereocenters. The molecule has 0 bridgehead atoms. The van der Waals surface area contributed by atoms with Crippen LogP contribution in [-0.2, 0) is 16.0 Å². The van der Waals surface area contributed by atoms with Gasteiger partial charge in [0.15, 0.2) is 0 Å². The minimum atomic E-state index is -0.764. The molecule has 0 saturated carbocycles. The number of rotatable bonds is 3. The van der Waals surface area contributed by atoms with Gasteiger partial charge in [0.2, 0.25) is 11.8 Å². The van der Waals surface area contributed by atoms with Crippen LogP contribution in [0, 0.1) is 0 Å². The van der Waals surface area contributed by atoms with Gasteiger partial charge < -0.3 is 15.5 Å². The lowest BCUT2D eigenvalue weighted by Gasteiger charge is -2.44. The van der Waals surface area contributed by atoms with Crippen molar-refractivity contribution in [1.82, 2.24) is 9.80 Å². The molecule has 1 saturated heterocycles. The maximum atomic E-state index is 12.4. The molecule has 1 fully saturated rings. The zero-order chi connectivity index (χ0) is 15.6. The number of nitrogens with zero attached hydrogens (tertiary/aromatic N) is 2. The lowest BCUT2D eigenvalue weighted by Crippen LogP contribution is -2.63. The monoisotopic (exact) mass is 289 g/mol. The standard InChI is InChI=1S/C16H23N3O2/c1-16(2)15(21)18(3)9-10-19(16)14(20)8-7-12-5-4-6-13(17)11-12/h4-6,11H,7-10,17H2,1-3H3. The Morgan fingerprint density at radius 1 is 1.33 bits per heavy atom. The van der Waals surface area contributed by atoms with Gasteiger partial charge >= 0.3 is 0 Å². The van der Waals surface area contributed by atoms with Crippen molar-refractivity contribution < 1.29 is 9.59 Å². The van der Waals surface area contributed by atoms with Crippen LogP contribution in [0.3, 0.4) is 0 Å². The Labute approximate surface area is 125 Å². The Bertz CT molecular complexity index is 554. The molecule has 0 aromatic heterocycles. The van der Waals surface area contributed by atoms with Crippen LogP contribution in [0.25, 0.3) is 0 Å². The molecule has 5 nitrogen and oxygen atoms in total. The first-order valence-corrected chi connectivity index (χ1v) is 7.23. The van der Waals surface area contributed by atoms with E-state index in [9.17, 15) is 9.59 Å². The van der Waals surface area contributed by atoms with Crippen molar-refractivity contribution in [2.45, 2.75) is 32.2 Å². The van der Waals surface area contributed by atoms with Gasteiger partial charge in [0.1, 0.15) is 5.54 Å². The summed E-state index contributed by atoms with van der Waals surface area (Å²) in [6.45, 7) is 4.80. The summed E-state index contributed by atoms with van der Waals surface area (Å²) in [5.74, 6) is 0.00919. The van der Waals surface area contributed by atoms with Crippen LogP contribution in [-0.4, -0.2) is 47.3 Å². The van der Waals surface area contributed by atoms with Crippen LogP contribution in [0.4, 0.5) is 5.69 Å². The highest BCUT2D eigenvalue weighted by atomic mass is 16.2. The number of nitrogen functional groups attached to an aromatic ring is 1. The van der Waals surface area contributed by atoms with Crippen molar-refractivity contribution in [1.29, 1.82) is 0 Å². The van der Waals surface area contributed by atoms with Crippen molar-refractivity contribution in [3.05, 3.63) is 29.8 Å². The Kier molecular flexibility index (Phi) is 4.21. The molecule has 114 valence electrons. The number of carbonyl (C=O) groups excluding carboxylic acids is 2. The third-order valence-electron chi connectivity index (χ3n) is 4.08. The number of amides is 2. The largest absolute Gasteiger partial charge is 0.399 e. The average Bonchev–Trinajstić information content (AvgIpc) is 2.42. The molecule has 1 aliphatic heterocycles. The van der Waals surface area contributed by atoms with Crippen molar-refractivity contribution in [3.63, 3.8) is 0 Å². The number of carbonyl (C=O) groups is 2. The van der Waals surface area contributed by atoms with E-state index in [1.54, 1.807) is 16.8 Å². The lowest BCUT2D eigenvalue weighted by atomic mass is 9.96. The van der Waals surface area contributed by atoms with E-state index in [0.717, 1.165) is 5.56 Å². The van der Waals surface area contributed by atoms with Crippen molar-refractivity contribution in [3.8, 4) is 0 Å². The Balaban J connectivity index is 2.01. The Hall–Kier alpha value is -2.04. The normalized spacial score (nSPS) is 18.0. The van der Waals surface area contributed by atoms with E-state index in [-0.39, 0.29) is 11.8 Å². The quantitative estimate of drug-likeness (QED) is 0.852. The summed E-state index contributed by atoms with van der Waals surface area (Å²) in [5.41, 5.74) is 6.72. The summed E-state index contributed by atoms with van der Waals surface area (Å²) in [6.07, 6.45) is 1.03. The van der Waals surface area contributed by atoms with Crippen molar-refractivity contribution in [2.75, 3.05) is 25.9 Å². The first-order chi connectivity index (χ1) is 9.82. The topological polar surface area (TPSA) is 66.6 Å². The number of nitrogens with two attached hydrogens (primary N) is 1. The summed E-state index contributed by atoms with van der Waals surface area (Å²) in [4.78, 5) is 28.0. The maximum Gasteiger partial charge on any atom is 0.247 e. The van der Waals surface area contributed by atoms with E-state index in [1.165, 1.54) is 0 Å². The zero-order valence-corrected chi connectivity index (χ0v) is 12.9. The van der Waals surface area contributed by atoms with Crippen LogP contribution in [0.1, 0.15) is 25.8 Å². The smallest absolute Gasteiger partial charge is 0.247 e. The molecule has 0 aliphatic carbocycles. The third kappa shape index (κ3) is 3.17. The highest BCUT2D eigenvalue weighted by Crippen LogP contribution is 2.23. The van der Waals surface area contributed by atoms with Crippen LogP contribution >= 0.6 is 0 Å². The summed E-state index contributed by atoms with van der Waals surface area (Å²) in [5, 5.41) is 0. The number of anilines is 1. The second-order valence-electron chi connectivity index (χ2n) is 6.08. The fourth-order valence-corrected chi connectivity index (χ4v) is 2.78. The number of piperazine rings is 1. The molecule has 5 heteroatoms. The molecule has 1 aromatic rings. The minimum Gasteiger partial charge on any atom is -0.399 e. The van der Waals surface area contributed by atoms with Crippen molar-refractivity contribution >= 4 is 17.5 Å². The lowest BCUT2D eigenvalue weighted by molar-refractivity contribution is -0.157. The molecule has 1 heterocycles. The number of hydrogen-bond acceptors (Lipinski definition) is 3. The second-order valence-corrected chi connectivity index (χ2v) is 6.08. The van der Waals surface area contributed by atoms with Crippen LogP contribution in [0.5, 0.6) is 0 Å². The number of hydrogen-bond donors (Lipinski definition) is 1. The summed E-state index contributed by atoms with van der Waals surface area (Å²) < 4.78 is 0. The molecular formula is C16H23N3O2. The fourth-order valence-electron chi connectivity index (χ4n) is 2.78. The first kappa shape index (κ1) is 15.4. The third-order valence-corrected chi connectivity index (χ3v) is 4.08. The maximum absolute atomic E-state index is 12.4. The van der Waals surface area contributed by atoms with Gasteiger partial charge in [-0.1, -0.05) is 12.1 Å². The predicted molar refractivity (Wildman–Crippen MR) is 82.6 cm³/mol. The molecule has 0 unspecified atom stereocenters. The zero-order valence-electron chi connectivity index (χ0n) is 12.9. The summed E-state index contributed by atoms with van der Waals surface area (Å²) >= 11 is 0. The predicted octanol–water partition coefficient (Wildman–Crippen LogP) is 1.28. The van der Waals surface area contributed by atoms with E-state index in [2.05, 4.69) is 0 Å². The van der Waals surface area contributed by atoms with Gasteiger partial charge in [-0.3, -0.25) is 9.59 Å². The molecule has 1 aromatic carbocycles. The number of likely N-dealkylation sites (N-methyl/N-ethyl adjacent to an activating group) is 1. The van der Waals surface area contributed by atoms with Crippen LogP contribution < -0.4 is 5.73 Å². The van der Waals surface area contributed by atoms with Gasteiger partial charge in [0.05, 0.1) is 0 Å². The number of aryl methyl sites for hydroxylation is 1. The summed E-state index contributed by atoms with van der Waals surface area (Å²) in [7, 11) is 1.78. The Morgan fingerprint density at radius 3 is 2.71 bits per heavy atom. The molecule has 2 amide bonds. The van der Waals surface area contributed by atoms with Crippen LogP contribution in [0.2, 0.25) is 0 Å². The highest BCUT2D eigenvalue weighted by Gasteiger charge is 2.42. The molecule has 1 aliphatic rings. The first-order valence-electron chi connectivity index (χ1n) is 7.23. The highest BCUT2D eigenvalue weighted by molar-refractivity contribution is 5.91. The van der Waals surface area contributed by atoms with E-state index in [0.29, 0.717) is 31.6 Å². The average molecular weight is 289 g/mol. The SMILES string of the molecule is CN1CCN(C(=O)CCc2cccc(N)c2)C(C)(C)C1=O. The van der Waals surface area contributed by atoms with E-state index >= 15 is 0 Å². The van der Waals surface area contributed by atoms with Gasteiger partial charge in [0, 0.05) is 32.2 Å². The van der Waals surface area contributed by atoms with E-state index in [4.69, 9.17) is 5.73 Å². The summed E-state index contributed by atoms with van der Waals surface area (Å²) in [6, 6.07) is 7.56. The van der Waals surface area contributed by atoms with Gasteiger partial charge in [-0.15, -0.1) is 0 Å². The van der Waals surface area contributed by atoms with E-state index < -0.39 is 5.54 Å². The number of benzene rings is 1. The molecule has 2 N–H and O–H groups in total. The molecule has 21 heavy (non-hydrogen) atoms. The molecular weight excluding hydrogens is 266 g/mol. The van der Waals surface area contributed by atoms with Gasteiger partial charge in [-0.05, 0) is 38.0 Å². The van der Waals surface area contributed by atoms with Gasteiger partial charge in [-0.2, -0.15) is 0 Å². The van der Waals surface area contributed by atoms with Gasteiger partial charge in [-0.25, -0.2) is 0 Å². The molecule has 0 spiro atoms. The minimum absolute atomic E-state index is 0.00828. The molecule has 2 rings (SSSR count). The van der Waals surface area contributed by atoms with Crippen LogP contribution in [0.15, 0.2) is 24.3 Å². The molecule has 0 radical (unpaired) electrons. The second kappa shape index (κ2) is 5.76. The Morgan fingerprint density at radius 2 is 2.05 bits per heavy atom. The van der Waals surface area contributed by atoms with Crippen molar-refractivity contribution in [2.24, 2.45) is 0 Å². The fraction of sp³-hybridized carbons (Fsp3) is 0.500.